The van der Waals surface area contributed by atoms with Gasteiger partial charge in [0.25, 0.3) is 0 Å². The van der Waals surface area contributed by atoms with Crippen molar-refractivity contribution in [1.82, 2.24) is 0 Å². The molecule has 0 heterocycles. The standard InChI is InChI=1S/C3H5NOS/c4-6(5)3-1-2-3/h1H,2,4H2. The van der Waals surface area contributed by atoms with Crippen LogP contribution >= 0.6 is 0 Å². The third kappa shape index (κ3) is 0.666. The second-order valence-corrected chi connectivity index (χ2v) is 2.29. The topological polar surface area (TPSA) is 43.1 Å². The molecule has 0 amide bonds. The molecule has 34 valence electrons. The highest BCUT2D eigenvalue weighted by molar-refractivity contribution is 7.87. The predicted molar refractivity (Wildman–Crippen MR) is 25.0 cm³/mol. The molecule has 0 saturated heterocycles. The first kappa shape index (κ1) is 4.02. The van der Waals surface area contributed by atoms with Crippen LogP contribution < -0.4 is 5.14 Å². The second kappa shape index (κ2) is 1.17. The molecule has 0 saturated carbocycles. The first-order valence-electron chi connectivity index (χ1n) is 1.66. The van der Waals surface area contributed by atoms with E-state index >= 15 is 0 Å². The summed E-state index contributed by atoms with van der Waals surface area (Å²) in [6.45, 7) is 0. The van der Waals surface area contributed by atoms with E-state index in [0.717, 1.165) is 11.3 Å². The van der Waals surface area contributed by atoms with Crippen molar-refractivity contribution in [3.63, 3.8) is 0 Å². The smallest absolute Gasteiger partial charge is 0.117 e. The van der Waals surface area contributed by atoms with Crippen molar-refractivity contribution in [3.8, 4) is 0 Å². The van der Waals surface area contributed by atoms with Gasteiger partial charge >= 0.3 is 0 Å². The molecule has 0 aromatic rings. The molecule has 0 bridgehead atoms. The van der Waals surface area contributed by atoms with Crippen molar-refractivity contribution in [3.05, 3.63) is 11.0 Å². The van der Waals surface area contributed by atoms with E-state index in [0.29, 0.717) is 0 Å². The fraction of sp³-hybridized carbons (Fsp3) is 0.333. The van der Waals surface area contributed by atoms with Crippen molar-refractivity contribution >= 4 is 11.0 Å². The summed E-state index contributed by atoms with van der Waals surface area (Å²) >= 11 is 0. The Bertz CT molecular complexity index is 118. The van der Waals surface area contributed by atoms with E-state index < -0.39 is 11.0 Å². The zero-order chi connectivity index (χ0) is 4.57. The minimum Gasteiger partial charge on any atom is -0.248 e. The molecule has 1 rings (SSSR count). The molecule has 0 aromatic heterocycles. The first-order valence-corrected chi connectivity index (χ1v) is 2.87. The van der Waals surface area contributed by atoms with Gasteiger partial charge in [0.05, 0.1) is 0 Å². The van der Waals surface area contributed by atoms with Crippen LogP contribution in [0.25, 0.3) is 0 Å². The van der Waals surface area contributed by atoms with Crippen LogP contribution in [0.4, 0.5) is 0 Å². The van der Waals surface area contributed by atoms with Gasteiger partial charge in [0.15, 0.2) is 0 Å². The highest BCUT2D eigenvalue weighted by Gasteiger charge is 2.10. The number of allylic oxidation sites excluding steroid dienone is 2. The van der Waals surface area contributed by atoms with Gasteiger partial charge in [-0.1, -0.05) is 6.08 Å². The summed E-state index contributed by atoms with van der Waals surface area (Å²) in [5.41, 5.74) is 0. The summed E-state index contributed by atoms with van der Waals surface area (Å²) < 4.78 is 10.0. The van der Waals surface area contributed by atoms with E-state index in [2.05, 4.69) is 0 Å². The van der Waals surface area contributed by atoms with Gasteiger partial charge in [0.2, 0.25) is 0 Å². The lowest BCUT2D eigenvalue weighted by Gasteiger charge is -1.74. The van der Waals surface area contributed by atoms with Gasteiger partial charge in [-0.2, -0.15) is 0 Å². The van der Waals surface area contributed by atoms with Crippen LogP contribution in [0.1, 0.15) is 6.42 Å². The average Bonchev–Trinajstić information content (AvgIpc) is 2.06. The monoisotopic (exact) mass is 103 g/mol. The number of nitrogens with two attached hydrogens (primary N) is 1. The van der Waals surface area contributed by atoms with Crippen LogP contribution in [-0.2, 0) is 11.0 Å². The number of hydrogen-bond acceptors (Lipinski definition) is 1. The highest BCUT2D eigenvalue weighted by Crippen LogP contribution is 2.18. The Morgan fingerprint density at radius 2 is 2.50 bits per heavy atom. The predicted octanol–water partition coefficient (Wildman–Crippen LogP) is -0.104. The average molecular weight is 103 g/mol. The third-order valence-electron chi connectivity index (χ3n) is 0.629. The maximum absolute atomic E-state index is 10.0. The first-order chi connectivity index (χ1) is 2.80. The maximum atomic E-state index is 10.0. The van der Waals surface area contributed by atoms with Crippen LogP contribution in [0.3, 0.4) is 0 Å². The number of rotatable bonds is 1. The fourth-order valence-electron chi connectivity index (χ4n) is 0.206. The number of hydrogen-bond donors (Lipinski definition) is 1. The Hall–Kier alpha value is -0.150. The minimum absolute atomic E-state index is 0.864. The van der Waals surface area contributed by atoms with Crippen molar-refractivity contribution in [2.24, 2.45) is 5.14 Å². The molecule has 0 aromatic carbocycles. The summed E-state index contributed by atoms with van der Waals surface area (Å²) in [6, 6.07) is 0. The van der Waals surface area contributed by atoms with Gasteiger partial charge < -0.3 is 0 Å². The molecule has 1 aliphatic carbocycles. The molecule has 1 atom stereocenters. The van der Waals surface area contributed by atoms with Gasteiger partial charge in [-0.3, -0.25) is 0 Å². The third-order valence-corrected chi connectivity index (χ3v) is 1.48. The van der Waals surface area contributed by atoms with Crippen molar-refractivity contribution in [1.29, 1.82) is 0 Å². The maximum Gasteiger partial charge on any atom is 0.117 e. The van der Waals surface area contributed by atoms with E-state index in [4.69, 9.17) is 5.14 Å². The molecule has 1 unspecified atom stereocenters. The molecule has 3 heteroatoms. The SMILES string of the molecule is NS(=O)C1=CC1. The van der Waals surface area contributed by atoms with Gasteiger partial charge in [-0.05, 0) is 0 Å². The van der Waals surface area contributed by atoms with Crippen LogP contribution in [0.15, 0.2) is 11.0 Å². The summed E-state index contributed by atoms with van der Waals surface area (Å²) in [5, 5.41) is 4.90. The van der Waals surface area contributed by atoms with E-state index in [1.807, 2.05) is 6.08 Å². The molecule has 6 heavy (non-hydrogen) atoms. The van der Waals surface area contributed by atoms with Gasteiger partial charge in [0, 0.05) is 11.3 Å². The Morgan fingerprint density at radius 3 is 2.50 bits per heavy atom. The van der Waals surface area contributed by atoms with Crippen molar-refractivity contribution in [2.45, 2.75) is 6.42 Å². The molecule has 2 N–H and O–H groups in total. The van der Waals surface area contributed by atoms with E-state index in [9.17, 15) is 4.21 Å². The van der Waals surface area contributed by atoms with Crippen molar-refractivity contribution < 1.29 is 4.21 Å². The lowest BCUT2D eigenvalue weighted by Crippen LogP contribution is -1.97. The summed E-state index contributed by atoms with van der Waals surface area (Å²) in [7, 11) is -1.15. The zero-order valence-corrected chi connectivity index (χ0v) is 3.99. The minimum atomic E-state index is -1.15. The molecule has 0 fully saturated rings. The van der Waals surface area contributed by atoms with E-state index in [-0.39, 0.29) is 0 Å². The lowest BCUT2D eigenvalue weighted by molar-refractivity contribution is 0.688. The van der Waals surface area contributed by atoms with Gasteiger partial charge in [-0.15, -0.1) is 0 Å². The molecule has 1 aliphatic rings. The zero-order valence-electron chi connectivity index (χ0n) is 3.18. The van der Waals surface area contributed by atoms with Crippen LogP contribution in [0.2, 0.25) is 0 Å². The Morgan fingerprint density at radius 1 is 2.00 bits per heavy atom. The summed E-state index contributed by atoms with van der Waals surface area (Å²) in [6.07, 6.45) is 2.72. The molecular formula is C3H5NOS. The summed E-state index contributed by atoms with van der Waals surface area (Å²) in [4.78, 5) is 0.884. The second-order valence-electron chi connectivity index (χ2n) is 1.17. The Labute approximate surface area is 38.6 Å². The van der Waals surface area contributed by atoms with Crippen LogP contribution in [0.5, 0.6) is 0 Å². The van der Waals surface area contributed by atoms with Crippen molar-refractivity contribution in [2.75, 3.05) is 0 Å². The van der Waals surface area contributed by atoms with Crippen LogP contribution in [0, 0.1) is 0 Å². The normalized spacial score (nSPS) is 22.5. The van der Waals surface area contributed by atoms with E-state index in [1.54, 1.807) is 0 Å². The van der Waals surface area contributed by atoms with E-state index in [1.165, 1.54) is 0 Å². The summed E-state index contributed by atoms with van der Waals surface area (Å²) in [5.74, 6) is 0. The Kier molecular flexibility index (Phi) is 0.782. The fourth-order valence-corrected chi connectivity index (χ4v) is 0.618. The lowest BCUT2D eigenvalue weighted by atomic mass is 10.9. The molecule has 0 radical (unpaired) electrons. The molecule has 0 spiro atoms. The molecular weight excluding hydrogens is 98.1 g/mol. The van der Waals surface area contributed by atoms with Gasteiger partial charge in [-0.25, -0.2) is 9.35 Å². The molecule has 0 aliphatic heterocycles. The van der Waals surface area contributed by atoms with Gasteiger partial charge in [0.1, 0.15) is 11.0 Å². The Balaban J connectivity index is 2.52. The van der Waals surface area contributed by atoms with Crippen LogP contribution in [-0.4, -0.2) is 4.21 Å². The molecule has 2 nitrogen and oxygen atoms in total. The quantitative estimate of drug-likeness (QED) is 0.494. The highest BCUT2D eigenvalue weighted by atomic mass is 32.2. The largest absolute Gasteiger partial charge is 0.248 e.